The molecule has 0 aliphatic rings. The lowest BCUT2D eigenvalue weighted by molar-refractivity contribution is 0.0943. The minimum atomic E-state index is -0.304. The van der Waals surface area contributed by atoms with Gasteiger partial charge in [0.15, 0.2) is 24.0 Å². The van der Waals surface area contributed by atoms with Gasteiger partial charge >= 0.3 is 0 Å². The summed E-state index contributed by atoms with van der Waals surface area (Å²) in [5.74, 6) is 1.39. The molecule has 0 aliphatic heterocycles. The van der Waals surface area contributed by atoms with E-state index in [-0.39, 0.29) is 18.3 Å². The van der Waals surface area contributed by atoms with E-state index in [0.29, 0.717) is 47.1 Å². The second kappa shape index (κ2) is 10.9. The molecule has 164 valence electrons. The quantitative estimate of drug-likeness (QED) is 0.460. The van der Waals surface area contributed by atoms with E-state index in [9.17, 15) is 4.79 Å². The number of para-hydroxylation sites is 1. The van der Waals surface area contributed by atoms with Crippen LogP contribution in [0, 0.1) is 0 Å². The van der Waals surface area contributed by atoms with Gasteiger partial charge in [-0.05, 0) is 49.7 Å². The van der Waals surface area contributed by atoms with E-state index in [1.165, 1.54) is 4.68 Å². The van der Waals surface area contributed by atoms with Crippen LogP contribution >= 0.6 is 23.2 Å². The number of carbonyl (C=O) groups excluding carboxylic acids is 1. The molecular weight excluding hydrogens is 441 g/mol. The zero-order chi connectivity index (χ0) is 22.2. The molecule has 1 aromatic heterocycles. The van der Waals surface area contributed by atoms with Crippen molar-refractivity contribution < 1.29 is 19.0 Å². The molecule has 0 atom stereocenters. The minimum Gasteiger partial charge on any atom is -0.490 e. The Morgan fingerprint density at radius 3 is 2.42 bits per heavy atom. The van der Waals surface area contributed by atoms with E-state index in [2.05, 4.69) is 10.4 Å². The number of amides is 1. The fourth-order valence-corrected chi connectivity index (χ4v) is 3.29. The second-order valence-electron chi connectivity index (χ2n) is 6.39. The highest BCUT2D eigenvalue weighted by Gasteiger charge is 2.12. The van der Waals surface area contributed by atoms with E-state index >= 15 is 0 Å². The van der Waals surface area contributed by atoms with Gasteiger partial charge in [-0.1, -0.05) is 35.3 Å². The van der Waals surface area contributed by atoms with Crippen molar-refractivity contribution in [3.8, 4) is 17.2 Å². The number of ether oxygens (including phenoxy) is 3. The normalized spacial score (nSPS) is 10.6. The highest BCUT2D eigenvalue weighted by Crippen LogP contribution is 2.32. The summed E-state index contributed by atoms with van der Waals surface area (Å²) in [7, 11) is 0. The molecule has 9 heteroatoms. The zero-order valence-electron chi connectivity index (χ0n) is 17.2. The molecule has 0 bridgehead atoms. The van der Waals surface area contributed by atoms with Gasteiger partial charge in [-0.15, -0.1) is 0 Å². The summed E-state index contributed by atoms with van der Waals surface area (Å²) < 4.78 is 18.3. The third-order valence-electron chi connectivity index (χ3n) is 4.19. The molecule has 3 aromatic rings. The number of hydrogen-bond acceptors (Lipinski definition) is 5. The van der Waals surface area contributed by atoms with Crippen molar-refractivity contribution in [3.05, 3.63) is 70.0 Å². The van der Waals surface area contributed by atoms with Gasteiger partial charge in [0.05, 0.1) is 23.3 Å². The van der Waals surface area contributed by atoms with Gasteiger partial charge in [-0.2, -0.15) is 5.10 Å². The molecule has 3 rings (SSSR count). The van der Waals surface area contributed by atoms with Gasteiger partial charge in [-0.3, -0.25) is 4.79 Å². The number of nitrogens with one attached hydrogen (secondary N) is 1. The van der Waals surface area contributed by atoms with Crippen LogP contribution in [0.2, 0.25) is 10.0 Å². The molecule has 1 heterocycles. The third-order valence-corrected chi connectivity index (χ3v) is 4.79. The summed E-state index contributed by atoms with van der Waals surface area (Å²) in [5.41, 5.74) is 1.15. The van der Waals surface area contributed by atoms with E-state index in [1.54, 1.807) is 30.5 Å². The minimum absolute atomic E-state index is 0.0628. The molecule has 0 aliphatic carbocycles. The lowest BCUT2D eigenvalue weighted by atomic mass is 10.2. The average molecular weight is 464 g/mol. The molecule has 0 spiro atoms. The molecule has 1 N–H and O–H groups in total. The van der Waals surface area contributed by atoms with Crippen LogP contribution in [0.1, 0.15) is 29.9 Å². The van der Waals surface area contributed by atoms with Crippen molar-refractivity contribution in [3.63, 3.8) is 0 Å². The monoisotopic (exact) mass is 463 g/mol. The number of hydrogen-bond donors (Lipinski definition) is 1. The molecule has 0 radical (unpaired) electrons. The largest absolute Gasteiger partial charge is 0.490 e. The van der Waals surface area contributed by atoms with E-state index in [0.717, 1.165) is 5.56 Å². The molecule has 0 unspecified atom stereocenters. The Hall–Kier alpha value is -2.90. The van der Waals surface area contributed by atoms with Crippen LogP contribution < -0.4 is 19.5 Å². The zero-order valence-corrected chi connectivity index (χ0v) is 18.7. The summed E-state index contributed by atoms with van der Waals surface area (Å²) in [5, 5.41) is 7.88. The van der Waals surface area contributed by atoms with Gasteiger partial charge in [0, 0.05) is 12.7 Å². The molecule has 7 nitrogen and oxygen atoms in total. The number of halogens is 2. The fourth-order valence-electron chi connectivity index (χ4n) is 2.78. The summed E-state index contributed by atoms with van der Waals surface area (Å²) in [6.45, 7) is 5.28. The first-order valence-corrected chi connectivity index (χ1v) is 10.5. The van der Waals surface area contributed by atoms with Crippen LogP contribution in [-0.4, -0.2) is 28.9 Å². The predicted molar refractivity (Wildman–Crippen MR) is 119 cm³/mol. The van der Waals surface area contributed by atoms with Crippen LogP contribution in [-0.2, 0) is 13.3 Å². The van der Waals surface area contributed by atoms with Crippen molar-refractivity contribution in [1.82, 2.24) is 15.1 Å². The van der Waals surface area contributed by atoms with Crippen molar-refractivity contribution in [2.24, 2.45) is 0 Å². The summed E-state index contributed by atoms with van der Waals surface area (Å²) in [6, 6.07) is 12.3. The maximum absolute atomic E-state index is 12.5. The van der Waals surface area contributed by atoms with E-state index < -0.39 is 0 Å². The first-order chi connectivity index (χ1) is 15.0. The smallest absolute Gasteiger partial charge is 0.272 e. The second-order valence-corrected chi connectivity index (χ2v) is 7.21. The van der Waals surface area contributed by atoms with Crippen LogP contribution in [0.5, 0.6) is 17.2 Å². The number of carbonyl (C=O) groups is 1. The van der Waals surface area contributed by atoms with Gasteiger partial charge in [0.1, 0.15) is 5.69 Å². The van der Waals surface area contributed by atoms with Gasteiger partial charge in [0.25, 0.3) is 5.91 Å². The lowest BCUT2D eigenvalue weighted by Crippen LogP contribution is -2.23. The molecule has 1 amide bonds. The SMILES string of the molecule is CCOc1ccc(CNC(=O)c2ccn(COc3c(Cl)cccc3Cl)n2)cc1OCC. The first kappa shape index (κ1) is 22.8. The number of benzene rings is 2. The Morgan fingerprint density at radius 1 is 1.00 bits per heavy atom. The number of rotatable bonds is 10. The highest BCUT2D eigenvalue weighted by molar-refractivity contribution is 6.37. The van der Waals surface area contributed by atoms with Gasteiger partial charge < -0.3 is 19.5 Å². The van der Waals surface area contributed by atoms with E-state index in [1.807, 2.05) is 32.0 Å². The summed E-state index contributed by atoms with van der Waals surface area (Å²) in [6.07, 6.45) is 1.64. The molecule has 0 saturated heterocycles. The summed E-state index contributed by atoms with van der Waals surface area (Å²) >= 11 is 12.2. The lowest BCUT2D eigenvalue weighted by Gasteiger charge is -2.12. The van der Waals surface area contributed by atoms with Crippen LogP contribution in [0.4, 0.5) is 0 Å². The first-order valence-electron chi connectivity index (χ1n) is 9.78. The Morgan fingerprint density at radius 2 is 1.71 bits per heavy atom. The molecule has 31 heavy (non-hydrogen) atoms. The maximum Gasteiger partial charge on any atom is 0.272 e. The van der Waals surface area contributed by atoms with Crippen molar-refractivity contribution in [2.75, 3.05) is 13.2 Å². The molecule has 2 aromatic carbocycles. The van der Waals surface area contributed by atoms with Crippen molar-refractivity contribution in [2.45, 2.75) is 27.1 Å². The Balaban J connectivity index is 1.58. The van der Waals surface area contributed by atoms with Crippen LogP contribution in [0.3, 0.4) is 0 Å². The van der Waals surface area contributed by atoms with Crippen molar-refractivity contribution in [1.29, 1.82) is 0 Å². The Kier molecular flexibility index (Phi) is 8.03. The third kappa shape index (κ3) is 6.06. The van der Waals surface area contributed by atoms with Crippen LogP contribution in [0.15, 0.2) is 48.7 Å². The topological polar surface area (TPSA) is 74.6 Å². The molecule has 0 fully saturated rings. The van der Waals surface area contributed by atoms with Crippen molar-refractivity contribution >= 4 is 29.1 Å². The van der Waals surface area contributed by atoms with E-state index in [4.69, 9.17) is 37.4 Å². The van der Waals surface area contributed by atoms with Gasteiger partial charge in [-0.25, -0.2) is 4.68 Å². The maximum atomic E-state index is 12.5. The average Bonchev–Trinajstić information content (AvgIpc) is 3.23. The highest BCUT2D eigenvalue weighted by atomic mass is 35.5. The van der Waals surface area contributed by atoms with Gasteiger partial charge in [0.2, 0.25) is 0 Å². The Labute approximate surface area is 190 Å². The summed E-state index contributed by atoms with van der Waals surface area (Å²) in [4.78, 5) is 12.5. The Bertz CT molecular complexity index is 1020. The fraction of sp³-hybridized carbons (Fsp3) is 0.273. The molecular formula is C22H23Cl2N3O4. The van der Waals surface area contributed by atoms with Crippen LogP contribution in [0.25, 0.3) is 0 Å². The number of aromatic nitrogens is 2. The molecule has 0 saturated carbocycles. The number of nitrogens with zero attached hydrogens (tertiary/aromatic N) is 2. The predicted octanol–water partition coefficient (Wildman–Crippen LogP) is 4.95. The standard InChI is InChI=1S/C22H23Cl2N3O4/c1-3-29-19-9-8-15(12-20(19)30-4-2)13-25-22(28)18-10-11-27(26-18)14-31-21-16(23)6-5-7-17(21)24/h5-12H,3-4,13-14H2,1-2H3,(H,25,28).